The van der Waals surface area contributed by atoms with Crippen LogP contribution in [0.15, 0.2) is 48.5 Å². The van der Waals surface area contributed by atoms with E-state index in [4.69, 9.17) is 16.3 Å². The highest BCUT2D eigenvalue weighted by Crippen LogP contribution is 2.30. The summed E-state index contributed by atoms with van der Waals surface area (Å²) in [5.41, 5.74) is 6.56. The molecule has 0 saturated heterocycles. The van der Waals surface area contributed by atoms with E-state index in [1.54, 1.807) is 18.2 Å². The number of carbonyl (C=O) groups excluding carboxylic acids is 2. The van der Waals surface area contributed by atoms with Gasteiger partial charge >= 0.3 is 0 Å². The number of hydrogen-bond donors (Lipinski definition) is 2. The summed E-state index contributed by atoms with van der Waals surface area (Å²) in [6.45, 7) is 0. The Balaban J connectivity index is 1.50. The predicted molar refractivity (Wildman–Crippen MR) is 86.0 cm³/mol. The summed E-state index contributed by atoms with van der Waals surface area (Å²) in [6.07, 6.45) is -0.0424. The summed E-state index contributed by atoms with van der Waals surface area (Å²) in [4.78, 5) is 23.9. The van der Waals surface area contributed by atoms with E-state index in [2.05, 4.69) is 10.9 Å². The Hall–Kier alpha value is -2.53. The van der Waals surface area contributed by atoms with Gasteiger partial charge in [-0.2, -0.15) is 0 Å². The van der Waals surface area contributed by atoms with Gasteiger partial charge in [0, 0.05) is 11.4 Å². The van der Waals surface area contributed by atoms with Gasteiger partial charge < -0.3 is 4.74 Å². The van der Waals surface area contributed by atoms with E-state index in [9.17, 15) is 9.59 Å². The van der Waals surface area contributed by atoms with Gasteiger partial charge in [0.2, 0.25) is 5.91 Å². The molecule has 0 aliphatic carbocycles. The molecular formula is C17H15ClN2O3. The first-order chi connectivity index (χ1) is 11.1. The maximum Gasteiger partial charge on any atom is 0.279 e. The molecule has 1 atom stereocenters. The molecule has 2 aromatic carbocycles. The van der Waals surface area contributed by atoms with Crippen LogP contribution in [0, 0.1) is 0 Å². The molecule has 2 N–H and O–H groups in total. The van der Waals surface area contributed by atoms with Crippen molar-refractivity contribution in [3.63, 3.8) is 0 Å². The molecule has 0 radical (unpaired) electrons. The van der Waals surface area contributed by atoms with Gasteiger partial charge in [-0.05, 0) is 29.3 Å². The van der Waals surface area contributed by atoms with E-state index in [1.807, 2.05) is 30.3 Å². The molecule has 5 nitrogen and oxygen atoms in total. The maximum absolute atomic E-state index is 12.1. The molecule has 1 aliphatic rings. The zero-order valence-corrected chi connectivity index (χ0v) is 13.0. The quantitative estimate of drug-likeness (QED) is 0.846. The second kappa shape index (κ2) is 6.71. The number of nitrogens with one attached hydrogen (secondary N) is 2. The van der Waals surface area contributed by atoms with Gasteiger partial charge in [-0.1, -0.05) is 41.9 Å². The normalized spacial score (nSPS) is 15.4. The van der Waals surface area contributed by atoms with Crippen LogP contribution in [-0.2, 0) is 22.4 Å². The fraction of sp³-hybridized carbons (Fsp3) is 0.176. The number of hydrogen-bond acceptors (Lipinski definition) is 3. The summed E-state index contributed by atoms with van der Waals surface area (Å²) in [6, 6.07) is 14.5. The number of fused-ring (bicyclic) bond motifs is 1. The second-order valence-electron chi connectivity index (χ2n) is 5.26. The highest BCUT2D eigenvalue weighted by atomic mass is 35.5. The summed E-state index contributed by atoms with van der Waals surface area (Å²) in [5, 5.41) is 0.601. The van der Waals surface area contributed by atoms with Crippen LogP contribution in [0.5, 0.6) is 5.75 Å². The van der Waals surface area contributed by atoms with E-state index in [0.29, 0.717) is 17.2 Å². The minimum absolute atomic E-state index is 0.197. The van der Waals surface area contributed by atoms with Crippen molar-refractivity contribution >= 4 is 23.4 Å². The minimum atomic E-state index is -0.666. The van der Waals surface area contributed by atoms with E-state index in [0.717, 1.165) is 11.1 Å². The van der Waals surface area contributed by atoms with Crippen molar-refractivity contribution in [2.75, 3.05) is 0 Å². The molecule has 2 amide bonds. The van der Waals surface area contributed by atoms with Crippen LogP contribution in [0.3, 0.4) is 0 Å². The molecular weight excluding hydrogens is 316 g/mol. The number of hydrazine groups is 1. The van der Waals surface area contributed by atoms with Crippen molar-refractivity contribution in [2.45, 2.75) is 18.9 Å². The van der Waals surface area contributed by atoms with Crippen LogP contribution >= 0.6 is 11.6 Å². The third-order valence-corrected chi connectivity index (χ3v) is 3.76. The summed E-state index contributed by atoms with van der Waals surface area (Å²) >= 11 is 5.92. The van der Waals surface area contributed by atoms with Crippen LogP contribution in [0.1, 0.15) is 11.1 Å². The van der Waals surface area contributed by atoms with Gasteiger partial charge in [0.15, 0.2) is 6.10 Å². The van der Waals surface area contributed by atoms with Crippen LogP contribution in [0.25, 0.3) is 0 Å². The molecule has 0 saturated carbocycles. The molecule has 1 heterocycles. The smallest absolute Gasteiger partial charge is 0.279 e. The molecule has 23 heavy (non-hydrogen) atoms. The summed E-state index contributed by atoms with van der Waals surface area (Å²) in [7, 11) is 0. The molecule has 2 aromatic rings. The molecule has 3 rings (SSSR count). The molecule has 0 bridgehead atoms. The first-order valence-corrected chi connectivity index (χ1v) is 7.57. The molecule has 0 spiro atoms. The zero-order valence-electron chi connectivity index (χ0n) is 12.2. The number of rotatable bonds is 3. The highest BCUT2D eigenvalue weighted by molar-refractivity contribution is 6.30. The average molecular weight is 331 g/mol. The van der Waals surface area contributed by atoms with E-state index < -0.39 is 12.0 Å². The average Bonchev–Trinajstić information content (AvgIpc) is 2.96. The monoisotopic (exact) mass is 330 g/mol. The van der Waals surface area contributed by atoms with Crippen LogP contribution in [0.2, 0.25) is 5.02 Å². The Kier molecular flexibility index (Phi) is 4.48. The number of carbonyl (C=O) groups is 2. The second-order valence-corrected chi connectivity index (χ2v) is 5.70. The largest absolute Gasteiger partial charge is 0.480 e. The zero-order chi connectivity index (χ0) is 16.2. The summed E-state index contributed by atoms with van der Waals surface area (Å²) < 4.78 is 5.55. The lowest BCUT2D eigenvalue weighted by Gasteiger charge is -2.12. The van der Waals surface area contributed by atoms with Crippen molar-refractivity contribution in [1.82, 2.24) is 10.9 Å². The number of benzene rings is 2. The predicted octanol–water partition coefficient (Wildman–Crippen LogP) is 2.03. The van der Waals surface area contributed by atoms with Gasteiger partial charge in [0.05, 0.1) is 6.42 Å². The Morgan fingerprint density at radius 2 is 1.91 bits per heavy atom. The summed E-state index contributed by atoms with van der Waals surface area (Å²) in [5.74, 6) is -0.0352. The molecule has 6 heteroatoms. The van der Waals surface area contributed by atoms with Crippen molar-refractivity contribution in [3.05, 3.63) is 64.7 Å². The first-order valence-electron chi connectivity index (χ1n) is 7.19. The Bertz CT molecular complexity index is 734. The Morgan fingerprint density at radius 1 is 1.13 bits per heavy atom. The Labute approximate surface area is 138 Å². The molecule has 0 fully saturated rings. The van der Waals surface area contributed by atoms with Crippen LogP contribution in [0.4, 0.5) is 0 Å². The SMILES string of the molecule is O=C(Cc1ccccc1)NNC(=O)C1Cc2cc(Cl)ccc2O1. The van der Waals surface area contributed by atoms with E-state index >= 15 is 0 Å². The van der Waals surface area contributed by atoms with Crippen molar-refractivity contribution in [3.8, 4) is 5.75 Å². The van der Waals surface area contributed by atoms with Crippen molar-refractivity contribution in [2.24, 2.45) is 0 Å². The number of ether oxygens (including phenoxy) is 1. The number of halogens is 1. The maximum atomic E-state index is 12.1. The topological polar surface area (TPSA) is 67.4 Å². The molecule has 118 valence electrons. The Morgan fingerprint density at radius 3 is 2.70 bits per heavy atom. The first kappa shape index (κ1) is 15.4. The fourth-order valence-electron chi connectivity index (χ4n) is 2.40. The lowest BCUT2D eigenvalue weighted by molar-refractivity contribution is -0.132. The third-order valence-electron chi connectivity index (χ3n) is 3.52. The molecule has 1 unspecified atom stereocenters. The standard InChI is InChI=1S/C17H15ClN2O3/c18-13-6-7-14-12(9-13)10-15(23-14)17(22)20-19-16(21)8-11-4-2-1-3-5-11/h1-7,9,15H,8,10H2,(H,19,21)(H,20,22). The van der Waals surface area contributed by atoms with Gasteiger partial charge in [0.1, 0.15) is 5.75 Å². The fourth-order valence-corrected chi connectivity index (χ4v) is 2.60. The molecule has 1 aliphatic heterocycles. The highest BCUT2D eigenvalue weighted by Gasteiger charge is 2.29. The van der Waals surface area contributed by atoms with Crippen molar-refractivity contribution < 1.29 is 14.3 Å². The lowest BCUT2D eigenvalue weighted by Crippen LogP contribution is -2.48. The number of amides is 2. The molecule has 0 aromatic heterocycles. The van der Waals surface area contributed by atoms with Crippen LogP contribution < -0.4 is 15.6 Å². The van der Waals surface area contributed by atoms with Crippen molar-refractivity contribution in [1.29, 1.82) is 0 Å². The minimum Gasteiger partial charge on any atom is -0.480 e. The van der Waals surface area contributed by atoms with Gasteiger partial charge in [-0.3, -0.25) is 20.4 Å². The van der Waals surface area contributed by atoms with Gasteiger partial charge in [-0.25, -0.2) is 0 Å². The van der Waals surface area contributed by atoms with Gasteiger partial charge in [-0.15, -0.1) is 0 Å². The lowest BCUT2D eigenvalue weighted by atomic mass is 10.1. The third kappa shape index (κ3) is 3.81. The van der Waals surface area contributed by atoms with E-state index in [1.165, 1.54) is 0 Å². The van der Waals surface area contributed by atoms with Crippen LogP contribution in [-0.4, -0.2) is 17.9 Å². The van der Waals surface area contributed by atoms with Gasteiger partial charge in [0.25, 0.3) is 5.91 Å². The van der Waals surface area contributed by atoms with E-state index in [-0.39, 0.29) is 12.3 Å².